The van der Waals surface area contributed by atoms with Crippen LogP contribution in [-0.4, -0.2) is 16.0 Å². The third-order valence-electron chi connectivity index (χ3n) is 4.49. The number of aryl methyl sites for hydroxylation is 2. The Morgan fingerprint density at radius 2 is 1.93 bits per heavy atom. The van der Waals surface area contributed by atoms with Crippen molar-refractivity contribution >= 4 is 11.7 Å². The summed E-state index contributed by atoms with van der Waals surface area (Å²) in [6.07, 6.45) is -0.627. The molecule has 0 aliphatic carbocycles. The summed E-state index contributed by atoms with van der Waals surface area (Å²) in [7, 11) is 0. The fraction of sp³-hybridized carbons (Fsp3) is 0.238. The molecule has 0 aliphatic rings. The second-order valence-electron chi connectivity index (χ2n) is 6.52. The lowest BCUT2D eigenvalue weighted by atomic mass is 10.1. The van der Waals surface area contributed by atoms with Crippen molar-refractivity contribution in [3.05, 3.63) is 86.8 Å². The van der Waals surface area contributed by atoms with Crippen LogP contribution < -0.4 is 4.74 Å². The van der Waals surface area contributed by atoms with Crippen molar-refractivity contribution in [3.8, 4) is 5.75 Å². The molecule has 150 valence electrons. The number of carbonyl (C=O) groups is 1. The number of hydrogen-bond acceptors (Lipinski definition) is 7. The highest BCUT2D eigenvalue weighted by molar-refractivity contribution is 5.89. The lowest BCUT2D eigenvalue weighted by Crippen LogP contribution is -2.09. The molecule has 0 aliphatic heterocycles. The first-order valence-electron chi connectivity index (χ1n) is 8.95. The summed E-state index contributed by atoms with van der Waals surface area (Å²) < 4.78 is 16.2. The minimum atomic E-state index is -0.627. The maximum absolute atomic E-state index is 12.4. The van der Waals surface area contributed by atoms with E-state index in [-0.39, 0.29) is 5.69 Å². The summed E-state index contributed by atoms with van der Waals surface area (Å²) in [5.74, 6) is 0.771. The van der Waals surface area contributed by atoms with E-state index in [1.807, 2.05) is 13.8 Å². The van der Waals surface area contributed by atoms with Crippen LogP contribution >= 0.6 is 0 Å². The van der Waals surface area contributed by atoms with Gasteiger partial charge in [-0.3, -0.25) is 10.1 Å². The zero-order valence-corrected chi connectivity index (χ0v) is 16.2. The lowest BCUT2D eigenvalue weighted by Gasteiger charge is -2.14. The first-order valence-corrected chi connectivity index (χ1v) is 8.95. The summed E-state index contributed by atoms with van der Waals surface area (Å²) in [6.45, 7) is 5.64. The second kappa shape index (κ2) is 8.55. The fourth-order valence-corrected chi connectivity index (χ4v) is 2.74. The number of benzene rings is 2. The van der Waals surface area contributed by atoms with Gasteiger partial charge in [-0.05, 0) is 50.6 Å². The van der Waals surface area contributed by atoms with E-state index >= 15 is 0 Å². The zero-order valence-electron chi connectivity index (χ0n) is 16.2. The van der Waals surface area contributed by atoms with E-state index < -0.39 is 17.0 Å². The topological polar surface area (TPSA) is 105 Å². The van der Waals surface area contributed by atoms with Crippen molar-refractivity contribution in [3.63, 3.8) is 0 Å². The minimum absolute atomic E-state index is 0.0507. The molecule has 1 atom stereocenters. The van der Waals surface area contributed by atoms with Gasteiger partial charge in [0.15, 0.2) is 0 Å². The molecule has 0 bridgehead atoms. The normalized spacial score (nSPS) is 11.7. The molecule has 3 aromatic rings. The lowest BCUT2D eigenvalue weighted by molar-refractivity contribution is -0.385. The van der Waals surface area contributed by atoms with Crippen LogP contribution in [0, 0.1) is 24.0 Å². The number of hydrogen-bond donors (Lipinski definition) is 0. The zero-order chi connectivity index (χ0) is 21.0. The molecule has 1 heterocycles. The van der Waals surface area contributed by atoms with Crippen LogP contribution in [0.25, 0.3) is 0 Å². The van der Waals surface area contributed by atoms with Crippen molar-refractivity contribution < 1.29 is 23.7 Å². The van der Waals surface area contributed by atoms with Crippen LogP contribution in [0.2, 0.25) is 0 Å². The quantitative estimate of drug-likeness (QED) is 0.324. The van der Waals surface area contributed by atoms with Crippen molar-refractivity contribution in [2.24, 2.45) is 0 Å². The Labute approximate surface area is 167 Å². The van der Waals surface area contributed by atoms with E-state index in [9.17, 15) is 14.9 Å². The van der Waals surface area contributed by atoms with Crippen LogP contribution in [0.15, 0.2) is 53.1 Å². The highest BCUT2D eigenvalue weighted by atomic mass is 16.6. The number of nitro benzene ring substituents is 1. The second-order valence-corrected chi connectivity index (χ2v) is 6.52. The van der Waals surface area contributed by atoms with Gasteiger partial charge in [-0.25, -0.2) is 4.79 Å². The first-order chi connectivity index (χ1) is 13.8. The van der Waals surface area contributed by atoms with Gasteiger partial charge in [-0.2, -0.15) is 0 Å². The summed E-state index contributed by atoms with van der Waals surface area (Å²) in [6, 6.07) is 12.6. The number of esters is 1. The molecule has 2 aromatic carbocycles. The molecule has 0 radical (unpaired) electrons. The molecule has 29 heavy (non-hydrogen) atoms. The van der Waals surface area contributed by atoms with Gasteiger partial charge in [0, 0.05) is 12.1 Å². The molecule has 8 nitrogen and oxygen atoms in total. The van der Waals surface area contributed by atoms with Crippen molar-refractivity contribution in [2.45, 2.75) is 33.5 Å². The van der Waals surface area contributed by atoms with Gasteiger partial charge in [0.25, 0.3) is 5.69 Å². The Kier molecular flexibility index (Phi) is 5.92. The van der Waals surface area contributed by atoms with E-state index in [1.165, 1.54) is 12.1 Å². The summed E-state index contributed by atoms with van der Waals surface area (Å²) in [5.41, 5.74) is 2.52. The highest BCUT2D eigenvalue weighted by Gasteiger charge is 2.16. The molecule has 0 amide bonds. The predicted molar refractivity (Wildman–Crippen MR) is 104 cm³/mol. The van der Waals surface area contributed by atoms with E-state index in [1.54, 1.807) is 43.3 Å². The summed E-state index contributed by atoms with van der Waals surface area (Å²) in [5, 5.41) is 14.8. The number of carbonyl (C=O) groups excluding carboxylic acids is 1. The number of non-ortho nitro benzene ring substituents is 1. The number of nitrogens with zero attached hydrogens (tertiary/aromatic N) is 2. The number of nitro groups is 1. The highest BCUT2D eigenvalue weighted by Crippen LogP contribution is 2.24. The monoisotopic (exact) mass is 396 g/mol. The molecule has 8 heteroatoms. The molecule has 0 saturated carbocycles. The van der Waals surface area contributed by atoms with Gasteiger partial charge >= 0.3 is 5.97 Å². The van der Waals surface area contributed by atoms with Crippen LogP contribution in [-0.2, 0) is 11.3 Å². The average molecular weight is 396 g/mol. The SMILES string of the molecule is Cc1noc(C)c1COc1ccc(C(=O)O[C@H](C)c2cccc([N+](=O)[O-])c2)cc1. The fourth-order valence-electron chi connectivity index (χ4n) is 2.74. The van der Waals surface area contributed by atoms with Gasteiger partial charge in [0.2, 0.25) is 0 Å². The van der Waals surface area contributed by atoms with Crippen LogP contribution in [0.3, 0.4) is 0 Å². The molecular formula is C21H20N2O6. The Balaban J connectivity index is 1.61. The van der Waals surface area contributed by atoms with Gasteiger partial charge in [-0.1, -0.05) is 17.3 Å². The molecule has 0 N–H and O–H groups in total. The van der Waals surface area contributed by atoms with Gasteiger partial charge in [-0.15, -0.1) is 0 Å². The number of ether oxygens (including phenoxy) is 2. The molecule has 0 saturated heterocycles. The largest absolute Gasteiger partial charge is 0.489 e. The van der Waals surface area contributed by atoms with Gasteiger partial charge in [0.1, 0.15) is 24.2 Å². The standard InChI is InChI=1S/C21H20N2O6/c1-13-20(15(3)29-22-13)12-27-19-9-7-16(8-10-19)21(24)28-14(2)17-5-4-6-18(11-17)23(25)26/h4-11,14H,12H2,1-3H3/t14-/m1/s1. The van der Waals surface area contributed by atoms with Crippen molar-refractivity contribution in [1.29, 1.82) is 0 Å². The van der Waals surface area contributed by atoms with E-state index in [0.29, 0.717) is 29.2 Å². The molecule has 0 spiro atoms. The third kappa shape index (κ3) is 4.78. The first kappa shape index (κ1) is 20.1. The Bertz CT molecular complexity index is 1010. The molecule has 0 unspecified atom stereocenters. The average Bonchev–Trinajstić information content (AvgIpc) is 3.04. The Morgan fingerprint density at radius 3 is 2.55 bits per heavy atom. The summed E-state index contributed by atoms with van der Waals surface area (Å²) >= 11 is 0. The third-order valence-corrected chi connectivity index (χ3v) is 4.49. The van der Waals surface area contributed by atoms with E-state index in [4.69, 9.17) is 14.0 Å². The molecule has 0 fully saturated rings. The maximum atomic E-state index is 12.4. The van der Waals surface area contributed by atoms with Gasteiger partial charge in [0.05, 0.1) is 21.7 Å². The molecule has 3 rings (SSSR count). The minimum Gasteiger partial charge on any atom is -0.489 e. The number of rotatable bonds is 7. The molecule has 1 aromatic heterocycles. The van der Waals surface area contributed by atoms with Gasteiger partial charge < -0.3 is 14.0 Å². The van der Waals surface area contributed by atoms with Crippen LogP contribution in [0.4, 0.5) is 5.69 Å². The van der Waals surface area contributed by atoms with E-state index in [0.717, 1.165) is 11.3 Å². The van der Waals surface area contributed by atoms with Crippen LogP contribution in [0.5, 0.6) is 5.75 Å². The predicted octanol–water partition coefficient (Wildman–Crippen LogP) is 4.70. The maximum Gasteiger partial charge on any atom is 0.338 e. The van der Waals surface area contributed by atoms with Crippen molar-refractivity contribution in [2.75, 3.05) is 0 Å². The van der Waals surface area contributed by atoms with Crippen molar-refractivity contribution in [1.82, 2.24) is 5.16 Å². The summed E-state index contributed by atoms with van der Waals surface area (Å²) in [4.78, 5) is 22.8. The number of aromatic nitrogens is 1. The smallest absolute Gasteiger partial charge is 0.338 e. The Morgan fingerprint density at radius 1 is 1.21 bits per heavy atom. The van der Waals surface area contributed by atoms with E-state index in [2.05, 4.69) is 5.16 Å². The Hall–Kier alpha value is -3.68. The molecular weight excluding hydrogens is 376 g/mol. The van der Waals surface area contributed by atoms with Crippen LogP contribution in [0.1, 0.15) is 46.0 Å².